The second-order valence-corrected chi connectivity index (χ2v) is 4.80. The van der Waals surface area contributed by atoms with Crippen molar-refractivity contribution in [3.63, 3.8) is 0 Å². The van der Waals surface area contributed by atoms with Gasteiger partial charge in [-0.25, -0.2) is 0 Å². The van der Waals surface area contributed by atoms with Crippen molar-refractivity contribution in [2.45, 2.75) is 33.1 Å². The lowest BCUT2D eigenvalue weighted by molar-refractivity contribution is 0.280. The molecule has 1 saturated carbocycles. The average molecular weight is 220 g/mol. The van der Waals surface area contributed by atoms with Crippen LogP contribution in [0.1, 0.15) is 29.5 Å². The molecule has 0 saturated heterocycles. The van der Waals surface area contributed by atoms with Crippen molar-refractivity contribution in [1.29, 1.82) is 0 Å². The van der Waals surface area contributed by atoms with Gasteiger partial charge >= 0.3 is 0 Å². The molecule has 2 rings (SSSR count). The maximum atomic E-state index is 9.06. The summed E-state index contributed by atoms with van der Waals surface area (Å²) in [7, 11) is 0. The number of aryl methyl sites for hydroxylation is 2. The number of aliphatic hydroxyl groups excluding tert-OH is 1. The van der Waals surface area contributed by atoms with Gasteiger partial charge in [0, 0.05) is 6.61 Å². The van der Waals surface area contributed by atoms with E-state index in [1.807, 2.05) is 0 Å². The quantitative estimate of drug-likeness (QED) is 0.826. The van der Waals surface area contributed by atoms with Gasteiger partial charge in [0.2, 0.25) is 0 Å². The SMILES string of the molecule is Cc1cc(C)c(OCC2CC2)c(CCO)c1. The Morgan fingerprint density at radius 3 is 2.69 bits per heavy atom. The fourth-order valence-corrected chi connectivity index (χ4v) is 2.04. The van der Waals surface area contributed by atoms with Gasteiger partial charge in [0.05, 0.1) is 6.61 Å². The van der Waals surface area contributed by atoms with Crippen LogP contribution in [-0.4, -0.2) is 18.3 Å². The van der Waals surface area contributed by atoms with Crippen molar-refractivity contribution in [2.75, 3.05) is 13.2 Å². The molecular formula is C14H20O2. The molecule has 0 spiro atoms. The van der Waals surface area contributed by atoms with Crippen molar-refractivity contribution in [3.8, 4) is 5.75 Å². The van der Waals surface area contributed by atoms with E-state index in [9.17, 15) is 0 Å². The molecule has 0 aliphatic heterocycles. The molecule has 1 aliphatic rings. The summed E-state index contributed by atoms with van der Waals surface area (Å²) >= 11 is 0. The van der Waals surface area contributed by atoms with Crippen LogP contribution < -0.4 is 4.74 Å². The molecule has 0 bridgehead atoms. The molecule has 0 radical (unpaired) electrons. The van der Waals surface area contributed by atoms with E-state index < -0.39 is 0 Å². The Kier molecular flexibility index (Phi) is 3.49. The summed E-state index contributed by atoms with van der Waals surface area (Å²) in [6.07, 6.45) is 3.29. The van der Waals surface area contributed by atoms with Crippen molar-refractivity contribution in [1.82, 2.24) is 0 Å². The number of ether oxygens (including phenoxy) is 1. The fraction of sp³-hybridized carbons (Fsp3) is 0.571. The fourth-order valence-electron chi connectivity index (χ4n) is 2.04. The molecule has 0 amide bonds. The molecule has 0 atom stereocenters. The van der Waals surface area contributed by atoms with E-state index in [-0.39, 0.29) is 6.61 Å². The van der Waals surface area contributed by atoms with Crippen LogP contribution in [0.5, 0.6) is 5.75 Å². The topological polar surface area (TPSA) is 29.5 Å². The Hall–Kier alpha value is -1.02. The minimum Gasteiger partial charge on any atom is -0.493 e. The first-order valence-electron chi connectivity index (χ1n) is 6.04. The Balaban J connectivity index is 2.16. The summed E-state index contributed by atoms with van der Waals surface area (Å²) < 4.78 is 5.89. The lowest BCUT2D eigenvalue weighted by Gasteiger charge is -2.14. The van der Waals surface area contributed by atoms with Crippen molar-refractivity contribution < 1.29 is 9.84 Å². The number of hydrogen-bond acceptors (Lipinski definition) is 2. The van der Waals surface area contributed by atoms with Gasteiger partial charge in [-0.1, -0.05) is 17.7 Å². The average Bonchev–Trinajstić information content (AvgIpc) is 3.00. The van der Waals surface area contributed by atoms with Gasteiger partial charge in [0.1, 0.15) is 5.75 Å². The standard InChI is InChI=1S/C14H20O2/c1-10-7-11(2)14(13(8-10)5-6-15)16-9-12-3-4-12/h7-8,12,15H,3-6,9H2,1-2H3. The van der Waals surface area contributed by atoms with Crippen LogP contribution in [-0.2, 0) is 6.42 Å². The largest absolute Gasteiger partial charge is 0.493 e. The van der Waals surface area contributed by atoms with Crippen LogP contribution in [0.3, 0.4) is 0 Å². The highest BCUT2D eigenvalue weighted by Gasteiger charge is 2.22. The lowest BCUT2D eigenvalue weighted by atomic mass is 10.0. The highest BCUT2D eigenvalue weighted by atomic mass is 16.5. The zero-order chi connectivity index (χ0) is 11.5. The highest BCUT2D eigenvalue weighted by molar-refractivity contribution is 5.44. The smallest absolute Gasteiger partial charge is 0.125 e. The Bertz CT molecular complexity index is 367. The van der Waals surface area contributed by atoms with E-state index in [0.29, 0.717) is 6.42 Å². The van der Waals surface area contributed by atoms with Gasteiger partial charge in [-0.3, -0.25) is 0 Å². The molecule has 0 heterocycles. The van der Waals surface area contributed by atoms with Crippen LogP contribution in [0, 0.1) is 19.8 Å². The Morgan fingerprint density at radius 1 is 1.31 bits per heavy atom. The molecule has 2 heteroatoms. The van der Waals surface area contributed by atoms with E-state index in [0.717, 1.165) is 23.8 Å². The highest BCUT2D eigenvalue weighted by Crippen LogP contribution is 2.32. The molecule has 1 fully saturated rings. The first-order valence-corrected chi connectivity index (χ1v) is 6.04. The zero-order valence-electron chi connectivity index (χ0n) is 10.1. The van der Waals surface area contributed by atoms with E-state index in [1.165, 1.54) is 24.0 Å². The summed E-state index contributed by atoms with van der Waals surface area (Å²) in [5.41, 5.74) is 3.56. The number of rotatable bonds is 5. The lowest BCUT2D eigenvalue weighted by Crippen LogP contribution is -2.05. The number of aliphatic hydroxyl groups is 1. The second kappa shape index (κ2) is 4.88. The third-order valence-corrected chi connectivity index (χ3v) is 3.04. The third-order valence-electron chi connectivity index (χ3n) is 3.04. The number of benzene rings is 1. The predicted octanol–water partition coefficient (Wildman–Crippen LogP) is 2.63. The minimum absolute atomic E-state index is 0.183. The molecular weight excluding hydrogens is 200 g/mol. The third kappa shape index (κ3) is 2.76. The summed E-state index contributed by atoms with van der Waals surface area (Å²) in [5.74, 6) is 1.76. The van der Waals surface area contributed by atoms with Gasteiger partial charge in [0.15, 0.2) is 0 Å². The van der Waals surface area contributed by atoms with Crippen LogP contribution in [0.25, 0.3) is 0 Å². The van der Waals surface area contributed by atoms with Gasteiger partial charge in [-0.15, -0.1) is 0 Å². The molecule has 1 N–H and O–H groups in total. The van der Waals surface area contributed by atoms with Gasteiger partial charge in [0.25, 0.3) is 0 Å². The maximum absolute atomic E-state index is 9.06. The molecule has 0 aromatic heterocycles. The summed E-state index contributed by atoms with van der Waals surface area (Å²) in [5, 5.41) is 9.06. The molecule has 2 nitrogen and oxygen atoms in total. The molecule has 88 valence electrons. The van der Waals surface area contributed by atoms with Crippen molar-refractivity contribution >= 4 is 0 Å². The first kappa shape index (κ1) is 11.5. The maximum Gasteiger partial charge on any atom is 0.125 e. The van der Waals surface area contributed by atoms with Gasteiger partial charge in [-0.05, 0) is 50.2 Å². The van der Waals surface area contributed by atoms with Gasteiger partial charge in [-0.2, -0.15) is 0 Å². The van der Waals surface area contributed by atoms with Crippen LogP contribution >= 0.6 is 0 Å². The van der Waals surface area contributed by atoms with E-state index in [4.69, 9.17) is 9.84 Å². The van der Waals surface area contributed by atoms with Crippen LogP contribution in [0.15, 0.2) is 12.1 Å². The molecule has 1 aliphatic carbocycles. The van der Waals surface area contributed by atoms with E-state index in [1.54, 1.807) is 0 Å². The van der Waals surface area contributed by atoms with Crippen molar-refractivity contribution in [2.24, 2.45) is 5.92 Å². The normalized spacial score (nSPS) is 15.2. The predicted molar refractivity (Wildman–Crippen MR) is 64.9 cm³/mol. The molecule has 1 aromatic carbocycles. The van der Waals surface area contributed by atoms with Crippen LogP contribution in [0.2, 0.25) is 0 Å². The summed E-state index contributed by atoms with van der Waals surface area (Å²) in [6.45, 7) is 5.18. The summed E-state index contributed by atoms with van der Waals surface area (Å²) in [6, 6.07) is 4.26. The van der Waals surface area contributed by atoms with Gasteiger partial charge < -0.3 is 9.84 Å². The molecule has 1 aromatic rings. The molecule has 0 unspecified atom stereocenters. The first-order chi connectivity index (χ1) is 7.70. The molecule has 16 heavy (non-hydrogen) atoms. The van der Waals surface area contributed by atoms with Crippen molar-refractivity contribution in [3.05, 3.63) is 28.8 Å². The van der Waals surface area contributed by atoms with Crippen LogP contribution in [0.4, 0.5) is 0 Å². The summed E-state index contributed by atoms with van der Waals surface area (Å²) in [4.78, 5) is 0. The Labute approximate surface area is 97.3 Å². The van der Waals surface area contributed by atoms with E-state index in [2.05, 4.69) is 26.0 Å². The number of hydrogen-bond donors (Lipinski definition) is 1. The second-order valence-electron chi connectivity index (χ2n) is 4.80. The van der Waals surface area contributed by atoms with E-state index >= 15 is 0 Å². The minimum atomic E-state index is 0.183. The Morgan fingerprint density at radius 2 is 2.06 bits per heavy atom. The zero-order valence-corrected chi connectivity index (χ0v) is 10.1. The monoisotopic (exact) mass is 220 g/mol.